The van der Waals surface area contributed by atoms with E-state index in [9.17, 15) is 22.9 Å². The highest BCUT2D eigenvalue weighted by atomic mass is 32.2. The van der Waals surface area contributed by atoms with Crippen LogP contribution in [0, 0.1) is 11.8 Å². The van der Waals surface area contributed by atoms with E-state index in [0.29, 0.717) is 42.4 Å². The Bertz CT molecular complexity index is 1910. The lowest BCUT2D eigenvalue weighted by Crippen LogP contribution is -2.43. The summed E-state index contributed by atoms with van der Waals surface area (Å²) in [5.74, 6) is 1.61. The van der Waals surface area contributed by atoms with Gasteiger partial charge in [-0.1, -0.05) is 62.4 Å². The molecule has 1 aliphatic rings. The second-order valence-corrected chi connectivity index (χ2v) is 17.6. The summed E-state index contributed by atoms with van der Waals surface area (Å²) in [6, 6.07) is 30.2. The van der Waals surface area contributed by atoms with Crippen LogP contribution >= 0.6 is 7.60 Å². The second-order valence-electron chi connectivity index (χ2n) is 13.9. The van der Waals surface area contributed by atoms with Crippen LogP contribution in [0.1, 0.15) is 32.3 Å². The largest absolute Gasteiger partial charge is 0.497 e. The van der Waals surface area contributed by atoms with Gasteiger partial charge in [-0.2, -0.15) is 4.31 Å². The van der Waals surface area contributed by atoms with Crippen molar-refractivity contribution in [2.45, 2.75) is 50.2 Å². The highest BCUT2D eigenvalue weighted by Gasteiger charge is 2.33. The smallest absolute Gasteiger partial charge is 0.468 e. The maximum atomic E-state index is 13.9. The summed E-state index contributed by atoms with van der Waals surface area (Å²) in [5.41, 5.74) is 0.822. The van der Waals surface area contributed by atoms with Crippen LogP contribution < -0.4 is 23.8 Å². The Morgan fingerprint density at radius 1 is 0.875 bits per heavy atom. The van der Waals surface area contributed by atoms with Gasteiger partial charge in [-0.25, -0.2) is 17.8 Å². The molecule has 0 radical (unpaired) electrons. The molecule has 0 aliphatic carbocycles. The number of aliphatic hydroxyl groups is 1. The molecule has 1 amide bonds. The molecule has 3 atom stereocenters. The van der Waals surface area contributed by atoms with Gasteiger partial charge in [0.05, 0.1) is 25.2 Å². The lowest BCUT2D eigenvalue weighted by Gasteiger charge is -2.27. The number of aliphatic hydroxyl groups excluding tert-OH is 1. The third kappa shape index (κ3) is 12.7. The third-order valence-electron chi connectivity index (χ3n) is 8.98. The quantitative estimate of drug-likeness (QED) is 0.0823. The van der Waals surface area contributed by atoms with Crippen LogP contribution in [0.2, 0.25) is 0 Å². The molecule has 0 unspecified atom stereocenters. The molecule has 1 aliphatic heterocycles. The van der Waals surface area contributed by atoms with Crippen molar-refractivity contribution in [2.24, 2.45) is 11.8 Å². The predicted octanol–water partition coefficient (Wildman–Crippen LogP) is 7.15. The average molecular weight is 811 g/mol. The number of sulfonamides is 1. The number of rotatable bonds is 21. The number of carbonyl (C=O) groups is 1. The molecule has 56 heavy (non-hydrogen) atoms. The number of carbonyl (C=O) groups excluding carboxylic acids is 1. The minimum atomic E-state index is -3.88. The van der Waals surface area contributed by atoms with Crippen LogP contribution in [-0.2, 0) is 30.5 Å². The van der Waals surface area contributed by atoms with Crippen molar-refractivity contribution in [3.8, 4) is 23.0 Å². The standard InChI is InChI=1S/C41H51N2O11PS/c1-31(2)27-43(56(47,48)39-20-18-35(49-3)19-21-39)24-22-34(42-41(45)52-40-29-50-28-33(40)23-25-44)26-32-14-16-36(17-15-32)51-30-55(46,53-37-10-6-4-7-11-37)54-38-12-8-5-9-13-38/h4-21,31,33-34,40,44H,22-30H2,1-3H3,(H,42,45)/t33-,34-,40+/m1/s1. The van der Waals surface area contributed by atoms with Gasteiger partial charge in [0.1, 0.15) is 29.1 Å². The fourth-order valence-corrected chi connectivity index (χ4v) is 9.09. The van der Waals surface area contributed by atoms with Crippen LogP contribution in [0.4, 0.5) is 4.79 Å². The number of alkyl carbamates (subject to hydrolysis) is 1. The molecule has 15 heteroatoms. The number of nitrogens with one attached hydrogen (secondary N) is 1. The van der Waals surface area contributed by atoms with Crippen LogP contribution in [0.3, 0.4) is 0 Å². The predicted molar refractivity (Wildman–Crippen MR) is 212 cm³/mol. The zero-order valence-corrected chi connectivity index (χ0v) is 33.6. The van der Waals surface area contributed by atoms with E-state index in [1.807, 2.05) is 38.1 Å². The van der Waals surface area contributed by atoms with Crippen molar-refractivity contribution in [1.29, 1.82) is 0 Å². The van der Waals surface area contributed by atoms with Crippen molar-refractivity contribution in [1.82, 2.24) is 9.62 Å². The maximum absolute atomic E-state index is 13.9. The lowest BCUT2D eigenvalue weighted by molar-refractivity contribution is 0.0646. The number of hydrogen-bond acceptors (Lipinski definition) is 11. The molecule has 1 fully saturated rings. The zero-order chi connectivity index (χ0) is 40.0. The third-order valence-corrected chi connectivity index (χ3v) is 12.3. The molecule has 0 bridgehead atoms. The molecule has 2 N–H and O–H groups in total. The second kappa shape index (κ2) is 20.5. The number of ether oxygens (including phenoxy) is 4. The van der Waals surface area contributed by atoms with E-state index in [0.717, 1.165) is 5.56 Å². The number of para-hydroxylation sites is 2. The van der Waals surface area contributed by atoms with E-state index in [-0.39, 0.29) is 55.8 Å². The molecular weight excluding hydrogens is 759 g/mol. The van der Waals surface area contributed by atoms with Crippen LogP contribution in [-0.4, -0.2) is 82.4 Å². The number of methoxy groups -OCH3 is 1. The first-order valence-corrected chi connectivity index (χ1v) is 21.7. The topological polar surface area (TPSA) is 159 Å². The maximum Gasteiger partial charge on any atom is 0.468 e. The van der Waals surface area contributed by atoms with Crippen molar-refractivity contribution in [3.05, 3.63) is 115 Å². The van der Waals surface area contributed by atoms with Gasteiger partial charge in [0.15, 0.2) is 0 Å². The summed E-state index contributed by atoms with van der Waals surface area (Å²) < 4.78 is 77.1. The van der Waals surface area contributed by atoms with Gasteiger partial charge >= 0.3 is 13.7 Å². The minimum absolute atomic E-state index is 0.0317. The van der Waals surface area contributed by atoms with E-state index in [2.05, 4.69) is 5.32 Å². The SMILES string of the molecule is COc1ccc(S(=O)(=O)N(CC[C@H](Cc2ccc(OCP(=O)(Oc3ccccc3)Oc3ccccc3)cc2)NC(=O)O[C@H]2COC[C@H]2CCO)CC(C)C)cc1. The molecule has 5 rings (SSSR count). The van der Waals surface area contributed by atoms with Crippen molar-refractivity contribution in [3.63, 3.8) is 0 Å². The fourth-order valence-electron chi connectivity index (χ4n) is 6.14. The molecule has 4 aromatic rings. The summed E-state index contributed by atoms with van der Waals surface area (Å²) in [6.45, 7) is 4.84. The van der Waals surface area contributed by atoms with Crippen molar-refractivity contribution < 1.29 is 50.9 Å². The first-order valence-electron chi connectivity index (χ1n) is 18.6. The Kier molecular flexibility index (Phi) is 15.6. The van der Waals surface area contributed by atoms with Gasteiger partial charge in [-0.05, 0) is 91.4 Å². The summed E-state index contributed by atoms with van der Waals surface area (Å²) in [5, 5.41) is 12.4. The highest BCUT2D eigenvalue weighted by molar-refractivity contribution is 7.89. The first-order chi connectivity index (χ1) is 27.0. The van der Waals surface area contributed by atoms with E-state index >= 15 is 0 Å². The van der Waals surface area contributed by atoms with Gasteiger partial charge in [-0.3, -0.25) is 0 Å². The minimum Gasteiger partial charge on any atom is -0.497 e. The molecule has 0 aromatic heterocycles. The Morgan fingerprint density at radius 3 is 2.05 bits per heavy atom. The van der Waals surface area contributed by atoms with E-state index < -0.39 is 35.9 Å². The van der Waals surface area contributed by atoms with Gasteiger partial charge in [-0.15, -0.1) is 0 Å². The molecule has 0 spiro atoms. The number of benzene rings is 4. The van der Waals surface area contributed by atoms with E-state index in [1.54, 1.807) is 72.8 Å². The number of amides is 1. The lowest BCUT2D eigenvalue weighted by atomic mass is 10.0. The van der Waals surface area contributed by atoms with Crippen molar-refractivity contribution >= 4 is 23.7 Å². The van der Waals surface area contributed by atoms with Crippen molar-refractivity contribution in [2.75, 3.05) is 46.4 Å². The first kappa shape index (κ1) is 42.6. The zero-order valence-electron chi connectivity index (χ0n) is 31.9. The normalized spacial score (nSPS) is 16.3. The van der Waals surface area contributed by atoms with Gasteiger partial charge in [0.2, 0.25) is 16.4 Å². The fraction of sp³-hybridized carbons (Fsp3) is 0.390. The summed E-state index contributed by atoms with van der Waals surface area (Å²) in [6.07, 6.45) is -0.498. The molecular formula is C41H51N2O11PS. The summed E-state index contributed by atoms with van der Waals surface area (Å²) >= 11 is 0. The highest BCUT2D eigenvalue weighted by Crippen LogP contribution is 2.48. The van der Waals surface area contributed by atoms with Gasteiger partial charge < -0.3 is 38.4 Å². The molecule has 13 nitrogen and oxygen atoms in total. The number of hydrogen-bond donors (Lipinski definition) is 2. The molecule has 1 heterocycles. The Hall–Kier alpha value is -4.59. The number of nitrogens with zero attached hydrogens (tertiary/aromatic N) is 1. The van der Waals surface area contributed by atoms with E-state index in [4.69, 9.17) is 28.0 Å². The Labute approximate surface area is 329 Å². The van der Waals surface area contributed by atoms with Gasteiger partial charge in [0.25, 0.3) is 0 Å². The molecule has 0 saturated carbocycles. The van der Waals surface area contributed by atoms with Gasteiger partial charge in [0, 0.05) is 31.7 Å². The summed E-state index contributed by atoms with van der Waals surface area (Å²) in [4.78, 5) is 13.4. The average Bonchev–Trinajstić information content (AvgIpc) is 3.62. The van der Waals surface area contributed by atoms with Crippen LogP contribution in [0.15, 0.2) is 114 Å². The van der Waals surface area contributed by atoms with Crippen LogP contribution in [0.25, 0.3) is 0 Å². The molecule has 1 saturated heterocycles. The Balaban J connectivity index is 1.30. The Morgan fingerprint density at radius 2 is 1.48 bits per heavy atom. The molecule has 4 aromatic carbocycles. The summed E-state index contributed by atoms with van der Waals surface area (Å²) in [7, 11) is -6.20. The monoisotopic (exact) mass is 810 g/mol. The molecule has 302 valence electrons. The van der Waals surface area contributed by atoms with E-state index in [1.165, 1.54) is 23.5 Å². The van der Waals surface area contributed by atoms with Crippen LogP contribution in [0.5, 0.6) is 23.0 Å².